The standard InChI is InChI=1S/C9H9BrIOSi/c10-7-3-1-4-8(11)9(7)12-5-2-6-13/h1,3-4H,2,5-6H2. The molecule has 0 aliphatic carbocycles. The van der Waals surface area contributed by atoms with Gasteiger partial charge in [0, 0.05) is 10.2 Å². The van der Waals surface area contributed by atoms with E-state index in [2.05, 4.69) is 48.8 Å². The van der Waals surface area contributed by atoms with Crippen LogP contribution in [0.3, 0.4) is 0 Å². The molecule has 4 heteroatoms. The Morgan fingerprint density at radius 3 is 2.85 bits per heavy atom. The molecular weight excluding hydrogens is 359 g/mol. The Morgan fingerprint density at radius 1 is 1.46 bits per heavy atom. The Bertz CT molecular complexity index is 260. The van der Waals surface area contributed by atoms with E-state index in [0.717, 1.165) is 32.9 Å². The van der Waals surface area contributed by atoms with Gasteiger partial charge in [-0.25, -0.2) is 0 Å². The first-order valence-corrected chi connectivity index (χ1v) is 6.55. The van der Waals surface area contributed by atoms with E-state index < -0.39 is 0 Å². The summed E-state index contributed by atoms with van der Waals surface area (Å²) >= 11 is 5.73. The molecule has 3 radical (unpaired) electrons. The van der Waals surface area contributed by atoms with Crippen LogP contribution < -0.4 is 4.74 Å². The van der Waals surface area contributed by atoms with Crippen molar-refractivity contribution in [2.24, 2.45) is 0 Å². The maximum absolute atomic E-state index is 5.62. The van der Waals surface area contributed by atoms with Crippen molar-refractivity contribution in [3.63, 3.8) is 0 Å². The van der Waals surface area contributed by atoms with E-state index in [4.69, 9.17) is 4.74 Å². The molecule has 0 unspecified atom stereocenters. The lowest BCUT2D eigenvalue weighted by Gasteiger charge is -2.08. The van der Waals surface area contributed by atoms with Gasteiger partial charge in [0.2, 0.25) is 0 Å². The lowest BCUT2D eigenvalue weighted by atomic mass is 10.3. The Morgan fingerprint density at radius 2 is 2.23 bits per heavy atom. The van der Waals surface area contributed by atoms with Crippen molar-refractivity contribution in [1.29, 1.82) is 0 Å². The summed E-state index contributed by atoms with van der Waals surface area (Å²) in [7, 11) is 3.41. The summed E-state index contributed by atoms with van der Waals surface area (Å²) in [6.45, 7) is 0.752. The van der Waals surface area contributed by atoms with E-state index in [1.54, 1.807) is 0 Å². The highest BCUT2D eigenvalue weighted by atomic mass is 127. The van der Waals surface area contributed by atoms with Crippen LogP contribution >= 0.6 is 38.5 Å². The smallest absolute Gasteiger partial charge is 0.146 e. The molecular formula is C9H9BrIOSi. The van der Waals surface area contributed by atoms with Crippen LogP contribution in [-0.2, 0) is 0 Å². The Labute approximate surface area is 104 Å². The number of benzene rings is 1. The van der Waals surface area contributed by atoms with Crippen LogP contribution in [0.25, 0.3) is 0 Å². The van der Waals surface area contributed by atoms with Gasteiger partial charge in [0.05, 0.1) is 14.6 Å². The number of ether oxygens (including phenoxy) is 1. The molecule has 0 saturated heterocycles. The molecule has 0 aliphatic heterocycles. The highest BCUT2D eigenvalue weighted by Gasteiger charge is 2.04. The second kappa shape index (κ2) is 6.03. The molecule has 1 nitrogen and oxygen atoms in total. The van der Waals surface area contributed by atoms with E-state index in [0.29, 0.717) is 0 Å². The predicted octanol–water partition coefficient (Wildman–Crippen LogP) is 3.41. The minimum absolute atomic E-state index is 0.752. The van der Waals surface area contributed by atoms with Gasteiger partial charge in [-0.1, -0.05) is 12.1 Å². The average Bonchev–Trinajstić information content (AvgIpc) is 2.10. The molecule has 0 aliphatic rings. The van der Waals surface area contributed by atoms with Gasteiger partial charge >= 0.3 is 0 Å². The molecule has 0 aromatic heterocycles. The topological polar surface area (TPSA) is 9.23 Å². The van der Waals surface area contributed by atoms with E-state index in [-0.39, 0.29) is 0 Å². The van der Waals surface area contributed by atoms with Gasteiger partial charge in [0.1, 0.15) is 5.75 Å². The summed E-state index contributed by atoms with van der Waals surface area (Å²) in [5, 5.41) is 0. The van der Waals surface area contributed by atoms with Gasteiger partial charge in [-0.2, -0.15) is 0 Å². The third kappa shape index (κ3) is 3.59. The molecule has 0 bridgehead atoms. The maximum atomic E-state index is 5.62. The Balaban J connectivity index is 2.64. The number of hydrogen-bond donors (Lipinski definition) is 0. The normalized spacial score (nSPS) is 10.1. The van der Waals surface area contributed by atoms with Crippen LogP contribution in [0.2, 0.25) is 6.04 Å². The van der Waals surface area contributed by atoms with Crippen molar-refractivity contribution < 1.29 is 4.74 Å². The molecule has 0 spiro atoms. The van der Waals surface area contributed by atoms with Gasteiger partial charge in [0.15, 0.2) is 0 Å². The largest absolute Gasteiger partial charge is 0.491 e. The van der Waals surface area contributed by atoms with Crippen LogP contribution in [0.1, 0.15) is 6.42 Å². The van der Waals surface area contributed by atoms with Crippen molar-refractivity contribution in [2.45, 2.75) is 12.5 Å². The van der Waals surface area contributed by atoms with E-state index in [1.165, 1.54) is 0 Å². The van der Waals surface area contributed by atoms with Crippen LogP contribution in [0, 0.1) is 3.57 Å². The summed E-state index contributed by atoms with van der Waals surface area (Å²) in [5.74, 6) is 0.947. The van der Waals surface area contributed by atoms with Crippen molar-refractivity contribution in [2.75, 3.05) is 6.61 Å². The van der Waals surface area contributed by atoms with Crippen molar-refractivity contribution >= 4 is 48.8 Å². The number of halogens is 2. The summed E-state index contributed by atoms with van der Waals surface area (Å²) in [6, 6.07) is 7.00. The molecule has 0 amide bonds. The van der Waals surface area contributed by atoms with Crippen molar-refractivity contribution in [3.05, 3.63) is 26.2 Å². The third-order valence-corrected chi connectivity index (χ3v) is 3.31. The Hall–Kier alpha value is 0.447. The quantitative estimate of drug-likeness (QED) is 0.450. The molecule has 1 rings (SSSR count). The minimum atomic E-state index is 0.752. The van der Waals surface area contributed by atoms with Crippen LogP contribution in [0.4, 0.5) is 0 Å². The SMILES string of the molecule is [Si]CCCOc1c(Br)cccc1I. The lowest BCUT2D eigenvalue weighted by molar-refractivity contribution is 0.313. The predicted molar refractivity (Wildman–Crippen MR) is 67.5 cm³/mol. The zero-order valence-electron chi connectivity index (χ0n) is 7.02. The minimum Gasteiger partial charge on any atom is -0.491 e. The molecule has 0 saturated carbocycles. The lowest BCUT2D eigenvalue weighted by Crippen LogP contribution is -1.98. The first-order chi connectivity index (χ1) is 6.25. The van der Waals surface area contributed by atoms with E-state index in [9.17, 15) is 0 Å². The van der Waals surface area contributed by atoms with Gasteiger partial charge in [-0.15, -0.1) is 0 Å². The highest BCUT2D eigenvalue weighted by molar-refractivity contribution is 14.1. The van der Waals surface area contributed by atoms with Gasteiger partial charge in [0.25, 0.3) is 0 Å². The second-order valence-electron chi connectivity index (χ2n) is 2.50. The van der Waals surface area contributed by atoms with Crippen molar-refractivity contribution in [3.8, 4) is 5.75 Å². The summed E-state index contributed by atoms with van der Waals surface area (Å²) in [6.07, 6.45) is 1.02. The zero-order chi connectivity index (χ0) is 9.68. The number of rotatable bonds is 4. The fourth-order valence-corrected chi connectivity index (χ4v) is 2.52. The maximum Gasteiger partial charge on any atom is 0.146 e. The van der Waals surface area contributed by atoms with E-state index >= 15 is 0 Å². The summed E-state index contributed by atoms with van der Waals surface area (Å²) in [4.78, 5) is 0. The first kappa shape index (κ1) is 11.5. The van der Waals surface area contributed by atoms with Crippen LogP contribution in [-0.4, -0.2) is 16.8 Å². The van der Waals surface area contributed by atoms with Crippen LogP contribution in [0.15, 0.2) is 22.7 Å². The van der Waals surface area contributed by atoms with Gasteiger partial charge < -0.3 is 4.74 Å². The second-order valence-corrected chi connectivity index (χ2v) is 5.02. The molecule has 0 atom stereocenters. The Kier molecular flexibility index (Phi) is 5.34. The van der Waals surface area contributed by atoms with Gasteiger partial charge in [-0.3, -0.25) is 0 Å². The third-order valence-electron chi connectivity index (χ3n) is 1.49. The van der Waals surface area contributed by atoms with Crippen LogP contribution in [0.5, 0.6) is 5.75 Å². The monoisotopic (exact) mass is 367 g/mol. The molecule has 1 aromatic rings. The van der Waals surface area contributed by atoms with Gasteiger partial charge in [-0.05, 0) is 57.1 Å². The molecule has 0 N–H and O–H groups in total. The number of hydrogen-bond acceptors (Lipinski definition) is 1. The molecule has 0 heterocycles. The fourth-order valence-electron chi connectivity index (χ4n) is 0.867. The fraction of sp³-hybridized carbons (Fsp3) is 0.333. The molecule has 13 heavy (non-hydrogen) atoms. The molecule has 1 aromatic carbocycles. The number of para-hydroxylation sites is 1. The van der Waals surface area contributed by atoms with Crippen molar-refractivity contribution in [1.82, 2.24) is 0 Å². The summed E-state index contributed by atoms with van der Waals surface area (Å²) < 4.78 is 7.78. The first-order valence-electron chi connectivity index (χ1n) is 3.97. The molecule has 0 fully saturated rings. The summed E-state index contributed by atoms with van der Waals surface area (Å²) in [5.41, 5.74) is 0. The average molecular weight is 368 g/mol. The zero-order valence-corrected chi connectivity index (χ0v) is 11.8. The highest BCUT2D eigenvalue weighted by Crippen LogP contribution is 2.30. The molecule has 69 valence electrons. The van der Waals surface area contributed by atoms with E-state index in [1.807, 2.05) is 18.2 Å².